The Hall–Kier alpha value is -2.02. The molecule has 0 radical (unpaired) electrons. The number of carboxylic acids is 1. The van der Waals surface area contributed by atoms with Crippen LogP contribution in [0, 0.1) is 5.82 Å². The van der Waals surface area contributed by atoms with Crippen molar-refractivity contribution < 1.29 is 19.0 Å². The van der Waals surface area contributed by atoms with Gasteiger partial charge in [-0.15, -0.1) is 0 Å². The molecular formula is C14H15FN2O3S. The van der Waals surface area contributed by atoms with Crippen LogP contribution in [0.25, 0.3) is 11.0 Å². The normalized spacial score (nSPS) is 10.8. The first kappa shape index (κ1) is 15.4. The van der Waals surface area contributed by atoms with Gasteiger partial charge < -0.3 is 14.4 Å². The topological polar surface area (TPSA) is 64.4 Å². The second-order valence-electron chi connectivity index (χ2n) is 4.60. The predicted octanol–water partition coefficient (Wildman–Crippen LogP) is 2.94. The lowest BCUT2D eigenvalue weighted by atomic mass is 10.2. The lowest BCUT2D eigenvalue weighted by Crippen LogP contribution is -2.04. The third kappa shape index (κ3) is 3.36. The van der Waals surface area contributed by atoms with Gasteiger partial charge in [0.25, 0.3) is 0 Å². The molecule has 2 rings (SSSR count). The summed E-state index contributed by atoms with van der Waals surface area (Å²) >= 11 is 1.09. The number of thioether (sulfide) groups is 1. The van der Waals surface area contributed by atoms with Crippen LogP contribution in [-0.4, -0.2) is 33.5 Å². The largest absolute Gasteiger partial charge is 0.494 e. The maximum absolute atomic E-state index is 13.7. The first-order chi connectivity index (χ1) is 9.92. The van der Waals surface area contributed by atoms with Gasteiger partial charge in [0, 0.05) is 18.7 Å². The van der Waals surface area contributed by atoms with Crippen LogP contribution in [0.2, 0.25) is 0 Å². The van der Waals surface area contributed by atoms with Gasteiger partial charge in [0.1, 0.15) is 0 Å². The predicted molar refractivity (Wildman–Crippen MR) is 79.4 cm³/mol. The number of carboxylic acid groups (broad SMARTS) is 1. The molecule has 1 aromatic carbocycles. The van der Waals surface area contributed by atoms with E-state index in [4.69, 9.17) is 9.84 Å². The number of ether oxygens (including phenoxy) is 1. The van der Waals surface area contributed by atoms with E-state index in [0.717, 1.165) is 17.3 Å². The van der Waals surface area contributed by atoms with Crippen LogP contribution in [0.15, 0.2) is 29.4 Å². The summed E-state index contributed by atoms with van der Waals surface area (Å²) in [5, 5.41) is 9.31. The van der Waals surface area contributed by atoms with Gasteiger partial charge in [-0.05, 0) is 6.92 Å². The number of fused-ring (bicyclic) bond motifs is 1. The molecule has 0 saturated heterocycles. The Kier molecular flexibility index (Phi) is 4.52. The maximum Gasteiger partial charge on any atom is 0.313 e. The van der Waals surface area contributed by atoms with Crippen molar-refractivity contribution in [1.29, 1.82) is 0 Å². The van der Waals surface area contributed by atoms with Gasteiger partial charge in [0.2, 0.25) is 0 Å². The molecule has 0 aliphatic heterocycles. The fraction of sp³-hybridized carbons (Fsp3) is 0.286. The lowest BCUT2D eigenvalue weighted by molar-refractivity contribution is -0.133. The van der Waals surface area contributed by atoms with Gasteiger partial charge in [-0.1, -0.05) is 23.9 Å². The van der Waals surface area contributed by atoms with Crippen molar-refractivity contribution in [3.63, 3.8) is 0 Å². The van der Waals surface area contributed by atoms with Crippen LogP contribution >= 0.6 is 11.8 Å². The number of imidazole rings is 1. The van der Waals surface area contributed by atoms with Gasteiger partial charge >= 0.3 is 5.97 Å². The summed E-state index contributed by atoms with van der Waals surface area (Å²) in [5.74, 6) is -1.42. The Balaban J connectivity index is 2.55. The SMILES string of the molecule is C=C(C)Cn1c(SCC(=O)O)nc2cc(F)c(OC)cc21. The Morgan fingerprint density at radius 1 is 1.57 bits per heavy atom. The van der Waals surface area contributed by atoms with Crippen molar-refractivity contribution in [3.05, 3.63) is 30.1 Å². The Morgan fingerprint density at radius 2 is 2.29 bits per heavy atom. The highest BCUT2D eigenvalue weighted by molar-refractivity contribution is 7.99. The number of halogens is 1. The van der Waals surface area contributed by atoms with Gasteiger partial charge in [0.15, 0.2) is 16.7 Å². The van der Waals surface area contributed by atoms with Crippen LogP contribution in [0.5, 0.6) is 5.75 Å². The Morgan fingerprint density at radius 3 is 2.86 bits per heavy atom. The average molecular weight is 310 g/mol. The summed E-state index contributed by atoms with van der Waals surface area (Å²) in [6.45, 7) is 6.19. The Labute approximate surface area is 125 Å². The number of carbonyl (C=O) groups is 1. The highest BCUT2D eigenvalue weighted by Crippen LogP contribution is 2.29. The van der Waals surface area contributed by atoms with Crippen LogP contribution in [-0.2, 0) is 11.3 Å². The molecule has 0 spiro atoms. The van der Waals surface area contributed by atoms with E-state index < -0.39 is 11.8 Å². The van der Waals surface area contributed by atoms with Gasteiger partial charge in [-0.25, -0.2) is 9.37 Å². The van der Waals surface area contributed by atoms with Crippen molar-refractivity contribution >= 4 is 28.8 Å². The van der Waals surface area contributed by atoms with E-state index in [0.29, 0.717) is 22.7 Å². The third-order valence-electron chi connectivity index (χ3n) is 2.74. The lowest BCUT2D eigenvalue weighted by Gasteiger charge is -2.08. The van der Waals surface area contributed by atoms with Crippen molar-refractivity contribution in [2.45, 2.75) is 18.6 Å². The molecular weight excluding hydrogens is 295 g/mol. The fourth-order valence-corrected chi connectivity index (χ4v) is 2.65. The van der Waals surface area contributed by atoms with E-state index in [1.54, 1.807) is 6.07 Å². The first-order valence-corrected chi connectivity index (χ1v) is 7.13. The highest BCUT2D eigenvalue weighted by Gasteiger charge is 2.16. The number of methoxy groups -OCH3 is 1. The first-order valence-electron chi connectivity index (χ1n) is 6.15. The minimum absolute atomic E-state index is 0.112. The number of aromatic nitrogens is 2. The van der Waals surface area contributed by atoms with Crippen LogP contribution in [0.4, 0.5) is 4.39 Å². The molecule has 21 heavy (non-hydrogen) atoms. The zero-order chi connectivity index (χ0) is 15.6. The molecule has 0 aliphatic rings. The molecule has 7 heteroatoms. The fourth-order valence-electron chi connectivity index (χ4n) is 1.92. The quantitative estimate of drug-likeness (QED) is 0.656. The van der Waals surface area contributed by atoms with Gasteiger partial charge in [-0.2, -0.15) is 0 Å². The monoisotopic (exact) mass is 310 g/mol. The second-order valence-corrected chi connectivity index (χ2v) is 5.54. The minimum atomic E-state index is -0.933. The molecule has 0 atom stereocenters. The molecule has 0 fully saturated rings. The molecule has 0 unspecified atom stereocenters. The van der Waals surface area contributed by atoms with Crippen molar-refractivity contribution in [3.8, 4) is 5.75 Å². The number of rotatable bonds is 6. The number of benzene rings is 1. The summed E-state index contributed by atoms with van der Waals surface area (Å²) in [7, 11) is 1.39. The zero-order valence-electron chi connectivity index (χ0n) is 11.7. The summed E-state index contributed by atoms with van der Waals surface area (Å²) < 4.78 is 20.5. The number of nitrogens with zero attached hydrogens (tertiary/aromatic N) is 2. The van der Waals surface area contributed by atoms with E-state index in [-0.39, 0.29) is 11.5 Å². The average Bonchev–Trinajstić information content (AvgIpc) is 2.72. The second kappa shape index (κ2) is 6.17. The number of allylic oxidation sites excluding steroid dienone is 1. The molecule has 0 bridgehead atoms. The summed E-state index contributed by atoms with van der Waals surface area (Å²) in [4.78, 5) is 15.0. The molecule has 1 N–H and O–H groups in total. The van der Waals surface area contributed by atoms with Crippen LogP contribution in [0.1, 0.15) is 6.92 Å². The molecule has 1 heterocycles. The summed E-state index contributed by atoms with van der Waals surface area (Å²) in [6.07, 6.45) is 0. The number of hydrogen-bond acceptors (Lipinski definition) is 4. The van der Waals surface area contributed by atoms with E-state index in [2.05, 4.69) is 11.6 Å². The van der Waals surface area contributed by atoms with Gasteiger partial charge in [0.05, 0.1) is 23.9 Å². The van der Waals surface area contributed by atoms with Crippen molar-refractivity contribution in [1.82, 2.24) is 9.55 Å². The zero-order valence-corrected chi connectivity index (χ0v) is 12.5. The highest BCUT2D eigenvalue weighted by atomic mass is 32.2. The smallest absolute Gasteiger partial charge is 0.313 e. The molecule has 1 aromatic heterocycles. The van der Waals surface area contributed by atoms with Crippen molar-refractivity contribution in [2.75, 3.05) is 12.9 Å². The minimum Gasteiger partial charge on any atom is -0.494 e. The summed E-state index contributed by atoms with van der Waals surface area (Å²) in [5.41, 5.74) is 2.03. The van der Waals surface area contributed by atoms with E-state index in [9.17, 15) is 9.18 Å². The third-order valence-corrected chi connectivity index (χ3v) is 3.70. The Bertz CT molecular complexity index is 712. The summed E-state index contributed by atoms with van der Waals surface area (Å²) in [6, 6.07) is 2.85. The maximum atomic E-state index is 13.7. The van der Waals surface area contributed by atoms with E-state index in [1.165, 1.54) is 13.2 Å². The molecule has 0 aliphatic carbocycles. The molecule has 0 amide bonds. The number of aliphatic carboxylic acids is 1. The standard InChI is InChI=1S/C14H15FN2O3S/c1-8(2)6-17-11-5-12(20-3)9(15)4-10(11)16-14(17)21-7-13(18)19/h4-5H,1,6-7H2,2-3H3,(H,18,19). The van der Waals surface area contributed by atoms with E-state index >= 15 is 0 Å². The van der Waals surface area contributed by atoms with Crippen LogP contribution in [0.3, 0.4) is 0 Å². The van der Waals surface area contributed by atoms with Crippen molar-refractivity contribution in [2.24, 2.45) is 0 Å². The van der Waals surface area contributed by atoms with Crippen LogP contribution < -0.4 is 4.74 Å². The molecule has 2 aromatic rings. The van der Waals surface area contributed by atoms with Gasteiger partial charge in [-0.3, -0.25) is 4.79 Å². The van der Waals surface area contributed by atoms with E-state index in [1.807, 2.05) is 11.5 Å². The number of hydrogen-bond donors (Lipinski definition) is 1. The molecule has 0 saturated carbocycles. The molecule has 112 valence electrons. The molecule has 5 nitrogen and oxygen atoms in total.